The summed E-state index contributed by atoms with van der Waals surface area (Å²) in [5, 5.41) is 4.94. The summed E-state index contributed by atoms with van der Waals surface area (Å²) in [6.45, 7) is 6.79. The van der Waals surface area contributed by atoms with E-state index in [1.165, 1.54) is 11.1 Å². The molecule has 29 heavy (non-hydrogen) atoms. The van der Waals surface area contributed by atoms with Crippen LogP contribution < -0.4 is 10.3 Å². The van der Waals surface area contributed by atoms with Crippen molar-refractivity contribution in [3.63, 3.8) is 0 Å². The summed E-state index contributed by atoms with van der Waals surface area (Å²) in [6, 6.07) is 12.7. The van der Waals surface area contributed by atoms with E-state index in [9.17, 15) is 13.2 Å². The molecule has 7 nitrogen and oxygen atoms in total. The average molecular weight is 414 g/mol. The maximum absolute atomic E-state index is 13.0. The number of aromatic nitrogens is 2. The molecule has 3 aromatic rings. The fourth-order valence-corrected chi connectivity index (χ4v) is 5.25. The van der Waals surface area contributed by atoms with Crippen molar-refractivity contribution < 1.29 is 13.3 Å². The molecule has 0 aliphatic carbocycles. The number of fused-ring (bicyclic) bond motifs is 1. The van der Waals surface area contributed by atoms with Crippen LogP contribution in [0.2, 0.25) is 0 Å². The van der Waals surface area contributed by atoms with Crippen molar-refractivity contribution in [1.29, 1.82) is 0 Å². The first-order valence-electron chi connectivity index (χ1n) is 9.72. The summed E-state index contributed by atoms with van der Waals surface area (Å²) in [4.78, 5) is 13.6. The molecular weight excluding hydrogens is 388 g/mol. The highest BCUT2D eigenvalue weighted by atomic mass is 32.2. The van der Waals surface area contributed by atoms with Gasteiger partial charge in [-0.05, 0) is 49.2 Å². The lowest BCUT2D eigenvalue weighted by Gasteiger charge is -2.31. The minimum atomic E-state index is -3.48. The molecular formula is C21H25N4O3S+. The lowest BCUT2D eigenvalue weighted by atomic mass is 10.1. The summed E-state index contributed by atoms with van der Waals surface area (Å²) >= 11 is 0. The number of nitrogens with zero attached hydrogens (tertiary/aromatic N) is 3. The van der Waals surface area contributed by atoms with Gasteiger partial charge in [0.1, 0.15) is 0 Å². The van der Waals surface area contributed by atoms with Gasteiger partial charge in [0.2, 0.25) is 15.5 Å². The van der Waals surface area contributed by atoms with E-state index >= 15 is 0 Å². The molecule has 1 aromatic heterocycles. The minimum Gasteiger partial charge on any atom is -0.314 e. The summed E-state index contributed by atoms with van der Waals surface area (Å²) < 4.78 is 29.4. The zero-order valence-corrected chi connectivity index (χ0v) is 17.4. The first-order chi connectivity index (χ1) is 13.9. The predicted molar refractivity (Wildman–Crippen MR) is 111 cm³/mol. The van der Waals surface area contributed by atoms with Crippen LogP contribution >= 0.6 is 0 Å². The number of nitrogens with one attached hydrogen (secondary N) is 1. The molecule has 8 heteroatoms. The Bertz CT molecular complexity index is 1210. The van der Waals surface area contributed by atoms with E-state index in [4.69, 9.17) is 0 Å². The molecule has 0 saturated carbocycles. The molecule has 1 aliphatic rings. The second kappa shape index (κ2) is 7.70. The lowest BCUT2D eigenvalue weighted by Crippen LogP contribution is -3.14. The molecule has 1 N–H and O–H groups in total. The predicted octanol–water partition coefficient (Wildman–Crippen LogP) is 0.560. The van der Waals surface area contributed by atoms with Gasteiger partial charge in [-0.2, -0.15) is 9.40 Å². The van der Waals surface area contributed by atoms with Gasteiger partial charge in [0.15, 0.2) is 6.67 Å². The van der Waals surface area contributed by atoms with Crippen molar-refractivity contribution >= 4 is 20.9 Å². The van der Waals surface area contributed by atoms with E-state index < -0.39 is 10.0 Å². The standard InChI is InChI=1S/C21H24N4O3S/c1-16-7-8-18(13-17(16)2)29(27,28)24-11-9-23(10-12-24)15-25-20-6-4-3-5-19(20)21(26)14-22-25/h3-8,13-14H,9-12,15H2,1-2H3/p+1. The molecule has 0 radical (unpaired) electrons. The summed E-state index contributed by atoms with van der Waals surface area (Å²) in [5.41, 5.74) is 2.78. The van der Waals surface area contributed by atoms with Gasteiger partial charge in [-0.1, -0.05) is 18.2 Å². The summed E-state index contributed by atoms with van der Waals surface area (Å²) in [6.07, 6.45) is 1.35. The Hall–Kier alpha value is -2.55. The quantitative estimate of drug-likeness (QED) is 0.678. The molecule has 0 spiro atoms. The van der Waals surface area contributed by atoms with Crippen LogP contribution in [0.1, 0.15) is 11.1 Å². The van der Waals surface area contributed by atoms with Gasteiger partial charge in [-0.15, -0.1) is 0 Å². The smallest absolute Gasteiger partial charge is 0.243 e. The van der Waals surface area contributed by atoms with Crippen LogP contribution in [-0.2, 0) is 16.7 Å². The van der Waals surface area contributed by atoms with Gasteiger partial charge in [0.05, 0.1) is 42.8 Å². The maximum atomic E-state index is 13.0. The van der Waals surface area contributed by atoms with Gasteiger partial charge < -0.3 is 4.90 Å². The zero-order valence-electron chi connectivity index (χ0n) is 16.6. The van der Waals surface area contributed by atoms with Gasteiger partial charge in [0, 0.05) is 5.39 Å². The number of sulfonamides is 1. The molecule has 0 unspecified atom stereocenters. The highest BCUT2D eigenvalue weighted by Gasteiger charge is 2.30. The lowest BCUT2D eigenvalue weighted by molar-refractivity contribution is -0.926. The monoisotopic (exact) mass is 413 g/mol. The van der Waals surface area contributed by atoms with Crippen LogP contribution in [0.25, 0.3) is 10.9 Å². The fourth-order valence-electron chi connectivity index (χ4n) is 3.72. The SMILES string of the molecule is Cc1ccc(S(=O)(=O)N2CC[NH+](Cn3ncc(=O)c4ccccc43)CC2)cc1C. The third kappa shape index (κ3) is 3.83. The van der Waals surface area contributed by atoms with Crippen molar-refractivity contribution in [3.05, 3.63) is 70.0 Å². The Balaban J connectivity index is 1.48. The molecule has 0 atom stereocenters. The Labute approximate surface area is 170 Å². The Morgan fingerprint density at radius 3 is 2.48 bits per heavy atom. The number of piperazine rings is 1. The number of hydrogen-bond donors (Lipinski definition) is 1. The van der Waals surface area contributed by atoms with Crippen molar-refractivity contribution in [3.8, 4) is 0 Å². The molecule has 1 fully saturated rings. The van der Waals surface area contributed by atoms with Crippen LogP contribution in [0.5, 0.6) is 0 Å². The number of quaternary nitrogens is 1. The second-order valence-corrected chi connectivity index (χ2v) is 9.52. The van der Waals surface area contributed by atoms with Crippen LogP contribution in [0.15, 0.2) is 58.4 Å². The molecule has 4 rings (SSSR count). The van der Waals surface area contributed by atoms with Gasteiger partial charge in [-0.25, -0.2) is 13.1 Å². The molecule has 1 aliphatic heterocycles. The largest absolute Gasteiger partial charge is 0.314 e. The van der Waals surface area contributed by atoms with Gasteiger partial charge >= 0.3 is 0 Å². The van der Waals surface area contributed by atoms with Gasteiger partial charge in [0.25, 0.3) is 0 Å². The van der Waals surface area contributed by atoms with Crippen LogP contribution in [0.4, 0.5) is 0 Å². The second-order valence-electron chi connectivity index (χ2n) is 7.58. The number of aryl methyl sites for hydroxylation is 2. The Kier molecular flexibility index (Phi) is 5.24. The average Bonchev–Trinajstić information content (AvgIpc) is 2.72. The Morgan fingerprint density at radius 1 is 1.03 bits per heavy atom. The number of rotatable bonds is 4. The third-order valence-electron chi connectivity index (χ3n) is 5.68. The summed E-state index contributed by atoms with van der Waals surface area (Å²) in [7, 11) is -3.48. The number of hydrogen-bond acceptors (Lipinski definition) is 4. The first kappa shape index (κ1) is 19.8. The van der Waals surface area contributed by atoms with E-state index in [2.05, 4.69) is 5.10 Å². The number of para-hydroxylation sites is 1. The van der Waals surface area contributed by atoms with E-state index in [-0.39, 0.29) is 5.43 Å². The van der Waals surface area contributed by atoms with E-state index in [0.29, 0.717) is 43.1 Å². The van der Waals surface area contributed by atoms with Crippen LogP contribution in [0.3, 0.4) is 0 Å². The van der Waals surface area contributed by atoms with E-state index in [1.54, 1.807) is 22.5 Å². The van der Waals surface area contributed by atoms with E-state index in [0.717, 1.165) is 16.6 Å². The molecule has 2 aromatic carbocycles. The maximum Gasteiger partial charge on any atom is 0.243 e. The fraction of sp³-hybridized carbons (Fsp3) is 0.333. The van der Waals surface area contributed by atoms with Crippen molar-refractivity contribution in [2.45, 2.75) is 25.4 Å². The first-order valence-corrected chi connectivity index (χ1v) is 11.2. The normalized spacial score (nSPS) is 16.3. The van der Waals surface area contributed by atoms with Crippen molar-refractivity contribution in [2.75, 3.05) is 26.2 Å². The minimum absolute atomic E-state index is 0.0869. The summed E-state index contributed by atoms with van der Waals surface area (Å²) in [5.74, 6) is 0. The molecule has 1 saturated heterocycles. The number of benzene rings is 2. The van der Waals surface area contributed by atoms with Crippen LogP contribution in [0, 0.1) is 13.8 Å². The van der Waals surface area contributed by atoms with E-state index in [1.807, 2.05) is 42.8 Å². The van der Waals surface area contributed by atoms with Crippen molar-refractivity contribution in [1.82, 2.24) is 14.1 Å². The molecule has 0 amide bonds. The highest BCUT2D eigenvalue weighted by Crippen LogP contribution is 2.19. The molecule has 152 valence electrons. The highest BCUT2D eigenvalue weighted by molar-refractivity contribution is 7.89. The zero-order chi connectivity index (χ0) is 20.6. The molecule has 0 bridgehead atoms. The third-order valence-corrected chi connectivity index (χ3v) is 7.58. The Morgan fingerprint density at radius 2 is 1.76 bits per heavy atom. The topological polar surface area (TPSA) is 76.7 Å². The molecule has 2 heterocycles. The van der Waals surface area contributed by atoms with Crippen LogP contribution in [-0.4, -0.2) is 48.7 Å². The van der Waals surface area contributed by atoms with Crippen molar-refractivity contribution in [2.24, 2.45) is 0 Å². The van der Waals surface area contributed by atoms with Gasteiger partial charge in [-0.3, -0.25) is 4.79 Å².